The third-order valence-electron chi connectivity index (χ3n) is 3.94. The van der Waals surface area contributed by atoms with Gasteiger partial charge in [-0.1, -0.05) is 37.3 Å². The number of halogens is 1. The largest absolute Gasteiger partial charge is 0.490 e. The molecular weight excluding hydrogens is 305 g/mol. The monoisotopic (exact) mass is 331 g/mol. The van der Waals surface area contributed by atoms with Crippen molar-refractivity contribution in [3.8, 4) is 11.5 Å². The molecule has 0 aromatic heterocycles. The number of hydrogen-bond acceptors (Lipinski definition) is 3. The van der Waals surface area contributed by atoms with Crippen molar-refractivity contribution >= 4 is 0 Å². The molecule has 0 bridgehead atoms. The SMILES string of the molecule is CCOc1cccc(CN[C@H](C)CC)c1OCc1ccccc1F. The second kappa shape index (κ2) is 9.28. The molecule has 0 heterocycles. The molecule has 2 aromatic rings. The van der Waals surface area contributed by atoms with Gasteiger partial charge in [-0.2, -0.15) is 0 Å². The van der Waals surface area contributed by atoms with Crippen LogP contribution in [0.3, 0.4) is 0 Å². The minimum atomic E-state index is -0.259. The zero-order valence-electron chi connectivity index (χ0n) is 14.6. The van der Waals surface area contributed by atoms with Gasteiger partial charge < -0.3 is 14.8 Å². The molecule has 2 rings (SSSR count). The number of para-hydroxylation sites is 1. The van der Waals surface area contributed by atoms with Crippen LogP contribution >= 0.6 is 0 Å². The molecule has 24 heavy (non-hydrogen) atoms. The molecule has 1 atom stereocenters. The quantitative estimate of drug-likeness (QED) is 0.723. The van der Waals surface area contributed by atoms with Crippen LogP contribution in [0.4, 0.5) is 4.39 Å². The topological polar surface area (TPSA) is 30.5 Å². The van der Waals surface area contributed by atoms with E-state index in [1.54, 1.807) is 12.1 Å². The Morgan fingerprint density at radius 1 is 1.00 bits per heavy atom. The summed E-state index contributed by atoms with van der Waals surface area (Å²) in [5, 5.41) is 3.46. The lowest BCUT2D eigenvalue weighted by Gasteiger charge is -2.18. The maximum atomic E-state index is 13.8. The van der Waals surface area contributed by atoms with E-state index >= 15 is 0 Å². The van der Waals surface area contributed by atoms with Crippen LogP contribution in [0.1, 0.15) is 38.3 Å². The van der Waals surface area contributed by atoms with Gasteiger partial charge in [-0.25, -0.2) is 4.39 Å². The van der Waals surface area contributed by atoms with Crippen LogP contribution in [0.15, 0.2) is 42.5 Å². The van der Waals surface area contributed by atoms with Gasteiger partial charge in [0, 0.05) is 23.7 Å². The van der Waals surface area contributed by atoms with Gasteiger partial charge in [0.1, 0.15) is 12.4 Å². The molecular formula is C20H26FNO2. The fourth-order valence-corrected chi connectivity index (χ4v) is 2.33. The number of rotatable bonds is 9. The Kier molecular flexibility index (Phi) is 7.07. The van der Waals surface area contributed by atoms with E-state index in [0.717, 1.165) is 12.0 Å². The first-order valence-electron chi connectivity index (χ1n) is 8.50. The molecule has 4 heteroatoms. The molecule has 0 saturated carbocycles. The predicted octanol–water partition coefficient (Wildman–Crippen LogP) is 4.69. The van der Waals surface area contributed by atoms with Crippen LogP contribution in [0.25, 0.3) is 0 Å². The fourth-order valence-electron chi connectivity index (χ4n) is 2.33. The average molecular weight is 331 g/mol. The van der Waals surface area contributed by atoms with Gasteiger partial charge in [0.15, 0.2) is 11.5 Å². The molecule has 0 amide bonds. The first kappa shape index (κ1) is 18.3. The van der Waals surface area contributed by atoms with E-state index in [4.69, 9.17) is 9.47 Å². The van der Waals surface area contributed by atoms with E-state index in [1.807, 2.05) is 31.2 Å². The Morgan fingerprint density at radius 3 is 2.46 bits per heavy atom. The average Bonchev–Trinajstić information content (AvgIpc) is 2.60. The van der Waals surface area contributed by atoms with Crippen molar-refractivity contribution in [2.24, 2.45) is 0 Å². The number of benzene rings is 2. The van der Waals surface area contributed by atoms with E-state index in [1.165, 1.54) is 6.07 Å². The second-order valence-corrected chi connectivity index (χ2v) is 5.75. The normalized spacial score (nSPS) is 12.0. The first-order chi connectivity index (χ1) is 11.7. The van der Waals surface area contributed by atoms with Crippen molar-refractivity contribution in [1.29, 1.82) is 0 Å². The van der Waals surface area contributed by atoms with Crippen molar-refractivity contribution in [3.05, 3.63) is 59.4 Å². The van der Waals surface area contributed by atoms with Crippen LogP contribution in [0, 0.1) is 5.82 Å². The van der Waals surface area contributed by atoms with Gasteiger partial charge in [-0.05, 0) is 32.4 Å². The zero-order valence-corrected chi connectivity index (χ0v) is 14.6. The first-order valence-corrected chi connectivity index (χ1v) is 8.50. The molecule has 0 aliphatic rings. The highest BCUT2D eigenvalue weighted by Crippen LogP contribution is 2.32. The van der Waals surface area contributed by atoms with Gasteiger partial charge in [-0.3, -0.25) is 0 Å². The summed E-state index contributed by atoms with van der Waals surface area (Å²) >= 11 is 0. The lowest BCUT2D eigenvalue weighted by molar-refractivity contribution is 0.262. The molecule has 0 aliphatic heterocycles. The second-order valence-electron chi connectivity index (χ2n) is 5.75. The Balaban J connectivity index is 2.19. The number of hydrogen-bond donors (Lipinski definition) is 1. The van der Waals surface area contributed by atoms with Crippen LogP contribution < -0.4 is 14.8 Å². The summed E-state index contributed by atoms with van der Waals surface area (Å²) in [5.41, 5.74) is 1.54. The lowest BCUT2D eigenvalue weighted by Crippen LogP contribution is -2.24. The molecule has 2 aromatic carbocycles. The van der Waals surface area contributed by atoms with Gasteiger partial charge in [0.25, 0.3) is 0 Å². The van der Waals surface area contributed by atoms with Gasteiger partial charge in [-0.15, -0.1) is 0 Å². The predicted molar refractivity (Wildman–Crippen MR) is 94.9 cm³/mol. The highest BCUT2D eigenvalue weighted by Gasteiger charge is 2.13. The number of nitrogens with one attached hydrogen (secondary N) is 1. The summed E-state index contributed by atoms with van der Waals surface area (Å²) in [6.07, 6.45) is 1.05. The lowest BCUT2D eigenvalue weighted by atomic mass is 10.1. The smallest absolute Gasteiger partial charge is 0.166 e. The van der Waals surface area contributed by atoms with Gasteiger partial charge in [0.2, 0.25) is 0 Å². The van der Waals surface area contributed by atoms with E-state index in [-0.39, 0.29) is 12.4 Å². The van der Waals surface area contributed by atoms with Crippen LogP contribution in [-0.4, -0.2) is 12.6 Å². The highest BCUT2D eigenvalue weighted by molar-refractivity contribution is 5.46. The third-order valence-corrected chi connectivity index (χ3v) is 3.94. The van der Waals surface area contributed by atoms with Crippen LogP contribution in [0.2, 0.25) is 0 Å². The van der Waals surface area contributed by atoms with Crippen molar-refractivity contribution in [1.82, 2.24) is 5.32 Å². The number of ether oxygens (including phenoxy) is 2. The molecule has 0 spiro atoms. The van der Waals surface area contributed by atoms with E-state index in [0.29, 0.717) is 36.3 Å². The Hall–Kier alpha value is -2.07. The summed E-state index contributed by atoms with van der Waals surface area (Å²) in [7, 11) is 0. The minimum Gasteiger partial charge on any atom is -0.490 e. The van der Waals surface area contributed by atoms with Gasteiger partial charge in [0.05, 0.1) is 6.61 Å². The molecule has 0 radical (unpaired) electrons. The standard InChI is InChI=1S/C20H26FNO2/c1-4-15(3)22-13-16-10-8-12-19(23-5-2)20(16)24-14-17-9-6-7-11-18(17)21/h6-12,15,22H,4-5,13-14H2,1-3H3/t15-/m1/s1. The Labute approximate surface area is 143 Å². The maximum absolute atomic E-state index is 13.8. The van der Waals surface area contributed by atoms with Crippen molar-refractivity contribution < 1.29 is 13.9 Å². The Morgan fingerprint density at radius 2 is 1.75 bits per heavy atom. The van der Waals surface area contributed by atoms with E-state index in [9.17, 15) is 4.39 Å². The van der Waals surface area contributed by atoms with E-state index < -0.39 is 0 Å². The van der Waals surface area contributed by atoms with Crippen molar-refractivity contribution in [2.75, 3.05) is 6.61 Å². The molecule has 0 unspecified atom stereocenters. The summed E-state index contributed by atoms with van der Waals surface area (Å²) in [6.45, 7) is 7.63. The summed E-state index contributed by atoms with van der Waals surface area (Å²) in [4.78, 5) is 0. The minimum absolute atomic E-state index is 0.174. The van der Waals surface area contributed by atoms with Crippen LogP contribution in [0.5, 0.6) is 11.5 Å². The van der Waals surface area contributed by atoms with E-state index in [2.05, 4.69) is 19.2 Å². The van der Waals surface area contributed by atoms with Crippen molar-refractivity contribution in [3.63, 3.8) is 0 Å². The molecule has 3 nitrogen and oxygen atoms in total. The molecule has 0 aliphatic carbocycles. The van der Waals surface area contributed by atoms with Crippen molar-refractivity contribution in [2.45, 2.75) is 46.4 Å². The summed E-state index contributed by atoms with van der Waals surface area (Å²) < 4.78 is 25.4. The Bertz CT molecular complexity index is 645. The van der Waals surface area contributed by atoms with Gasteiger partial charge >= 0.3 is 0 Å². The fraction of sp³-hybridized carbons (Fsp3) is 0.400. The van der Waals surface area contributed by atoms with Crippen LogP contribution in [-0.2, 0) is 13.2 Å². The molecule has 130 valence electrons. The summed E-state index contributed by atoms with van der Waals surface area (Å²) in [5.74, 6) is 1.11. The highest BCUT2D eigenvalue weighted by atomic mass is 19.1. The zero-order chi connectivity index (χ0) is 17.4. The third kappa shape index (κ3) is 4.96. The maximum Gasteiger partial charge on any atom is 0.166 e. The molecule has 0 saturated heterocycles. The molecule has 0 fully saturated rings. The molecule has 1 N–H and O–H groups in total. The summed E-state index contributed by atoms with van der Waals surface area (Å²) in [6, 6.07) is 12.9.